The molecule has 1 aliphatic heterocycles. The van der Waals surface area contributed by atoms with E-state index in [9.17, 15) is 4.79 Å². The highest BCUT2D eigenvalue weighted by atomic mass is 16.6. The number of ether oxygens (including phenoxy) is 1. The van der Waals surface area contributed by atoms with Crippen LogP contribution in [-0.2, 0) is 4.74 Å². The number of rotatable bonds is 1. The van der Waals surface area contributed by atoms with E-state index in [1.54, 1.807) is 12.3 Å². The van der Waals surface area contributed by atoms with Gasteiger partial charge in [0.2, 0.25) is 5.82 Å². The van der Waals surface area contributed by atoms with Gasteiger partial charge in [-0.2, -0.15) is 5.26 Å². The van der Waals surface area contributed by atoms with Crippen LogP contribution >= 0.6 is 0 Å². The van der Waals surface area contributed by atoms with Gasteiger partial charge in [-0.25, -0.2) is 14.8 Å². The zero-order chi connectivity index (χ0) is 16.7. The molecule has 1 spiro atoms. The minimum atomic E-state index is -0.487. The molecule has 1 amide bonds. The van der Waals surface area contributed by atoms with E-state index in [4.69, 9.17) is 10.00 Å². The van der Waals surface area contributed by atoms with Crippen molar-refractivity contribution < 1.29 is 9.53 Å². The standard InChI is InChI=1S/C16H21N5O2/c1-15(2,3)23-14(22)21-9-8-20(11-16(21)5-6-16)13-4-7-18-12(10-17)19-13/h4,7H,5-6,8-9,11H2,1-3H3. The lowest BCUT2D eigenvalue weighted by molar-refractivity contribution is 0.0106. The SMILES string of the molecule is CC(C)(C)OC(=O)N1CCN(c2ccnc(C#N)n2)CC12CC2. The lowest BCUT2D eigenvalue weighted by Crippen LogP contribution is -2.58. The Morgan fingerprint density at radius 1 is 1.39 bits per heavy atom. The molecule has 0 unspecified atom stereocenters. The normalized spacial score (nSPS) is 19.4. The number of anilines is 1. The van der Waals surface area contributed by atoms with Gasteiger partial charge in [0.15, 0.2) is 0 Å². The van der Waals surface area contributed by atoms with E-state index in [1.165, 1.54) is 0 Å². The summed E-state index contributed by atoms with van der Waals surface area (Å²) in [6.45, 7) is 7.62. The predicted molar refractivity (Wildman–Crippen MR) is 83.9 cm³/mol. The molecular formula is C16H21N5O2. The lowest BCUT2D eigenvalue weighted by atomic mass is 10.1. The number of nitriles is 1. The van der Waals surface area contributed by atoms with Crippen molar-refractivity contribution in [3.05, 3.63) is 18.1 Å². The van der Waals surface area contributed by atoms with Crippen molar-refractivity contribution in [1.82, 2.24) is 14.9 Å². The van der Waals surface area contributed by atoms with E-state index >= 15 is 0 Å². The number of nitrogens with zero attached hydrogens (tertiary/aromatic N) is 5. The van der Waals surface area contributed by atoms with Crippen LogP contribution < -0.4 is 4.90 Å². The van der Waals surface area contributed by atoms with Crippen LogP contribution in [-0.4, -0.2) is 51.7 Å². The minimum Gasteiger partial charge on any atom is -0.444 e. The van der Waals surface area contributed by atoms with Gasteiger partial charge in [0.1, 0.15) is 17.5 Å². The fourth-order valence-electron chi connectivity index (χ4n) is 2.93. The lowest BCUT2D eigenvalue weighted by Gasteiger charge is -2.42. The molecule has 3 rings (SSSR count). The van der Waals surface area contributed by atoms with E-state index in [2.05, 4.69) is 14.9 Å². The Kier molecular flexibility index (Phi) is 3.63. The second-order valence-corrected chi connectivity index (χ2v) is 7.13. The summed E-state index contributed by atoms with van der Waals surface area (Å²) in [6, 6.07) is 3.77. The molecule has 2 fully saturated rings. The fourth-order valence-corrected chi connectivity index (χ4v) is 2.93. The quantitative estimate of drug-likeness (QED) is 0.787. The molecular weight excluding hydrogens is 294 g/mol. The van der Waals surface area contributed by atoms with Gasteiger partial charge in [0, 0.05) is 25.8 Å². The molecule has 1 aromatic heterocycles. The van der Waals surface area contributed by atoms with Gasteiger partial charge >= 0.3 is 6.09 Å². The molecule has 2 heterocycles. The van der Waals surface area contributed by atoms with Crippen LogP contribution in [0.3, 0.4) is 0 Å². The summed E-state index contributed by atoms with van der Waals surface area (Å²) in [5, 5.41) is 8.94. The molecule has 7 heteroatoms. The summed E-state index contributed by atoms with van der Waals surface area (Å²) in [4.78, 5) is 24.6. The van der Waals surface area contributed by atoms with Crippen molar-refractivity contribution in [2.45, 2.75) is 44.8 Å². The first-order valence-corrected chi connectivity index (χ1v) is 7.82. The van der Waals surface area contributed by atoms with Crippen LogP contribution in [0.15, 0.2) is 12.3 Å². The van der Waals surface area contributed by atoms with Crippen LogP contribution in [0.1, 0.15) is 39.4 Å². The fraction of sp³-hybridized carbons (Fsp3) is 0.625. The maximum Gasteiger partial charge on any atom is 0.410 e. The second-order valence-electron chi connectivity index (χ2n) is 7.13. The second kappa shape index (κ2) is 5.37. The van der Waals surface area contributed by atoms with Crippen LogP contribution in [0.5, 0.6) is 0 Å². The first-order valence-electron chi connectivity index (χ1n) is 7.82. The van der Waals surface area contributed by atoms with E-state index in [1.807, 2.05) is 31.7 Å². The zero-order valence-corrected chi connectivity index (χ0v) is 13.7. The third-order valence-corrected chi connectivity index (χ3v) is 4.16. The smallest absolute Gasteiger partial charge is 0.410 e. The number of amides is 1. The van der Waals surface area contributed by atoms with E-state index in [0.29, 0.717) is 19.6 Å². The first kappa shape index (κ1) is 15.5. The molecule has 0 radical (unpaired) electrons. The topological polar surface area (TPSA) is 82.4 Å². The molecule has 2 aliphatic rings. The van der Waals surface area contributed by atoms with Crippen LogP contribution in [0, 0.1) is 11.3 Å². The van der Waals surface area contributed by atoms with Crippen molar-refractivity contribution in [3.8, 4) is 6.07 Å². The van der Waals surface area contributed by atoms with Crippen molar-refractivity contribution in [3.63, 3.8) is 0 Å². The van der Waals surface area contributed by atoms with E-state index in [0.717, 1.165) is 18.7 Å². The Hall–Kier alpha value is -2.36. The third-order valence-electron chi connectivity index (χ3n) is 4.16. The molecule has 1 aromatic rings. The summed E-state index contributed by atoms with van der Waals surface area (Å²) in [5.74, 6) is 0.911. The summed E-state index contributed by atoms with van der Waals surface area (Å²) in [6.07, 6.45) is 3.30. The highest BCUT2D eigenvalue weighted by molar-refractivity contribution is 5.70. The summed E-state index contributed by atoms with van der Waals surface area (Å²) >= 11 is 0. The molecule has 1 saturated heterocycles. The number of carbonyl (C=O) groups is 1. The predicted octanol–water partition coefficient (Wildman–Crippen LogP) is 1.94. The van der Waals surface area contributed by atoms with E-state index < -0.39 is 5.60 Å². The molecule has 122 valence electrons. The Morgan fingerprint density at radius 3 is 2.74 bits per heavy atom. The minimum absolute atomic E-state index is 0.154. The van der Waals surface area contributed by atoms with Crippen molar-refractivity contribution in [2.75, 3.05) is 24.5 Å². The Bertz CT molecular complexity index is 657. The largest absolute Gasteiger partial charge is 0.444 e. The van der Waals surface area contributed by atoms with Gasteiger partial charge in [-0.1, -0.05) is 0 Å². The Balaban J connectivity index is 1.73. The number of hydrogen-bond acceptors (Lipinski definition) is 6. The maximum absolute atomic E-state index is 12.4. The van der Waals surface area contributed by atoms with Crippen molar-refractivity contribution in [2.24, 2.45) is 0 Å². The van der Waals surface area contributed by atoms with Crippen LogP contribution in [0.2, 0.25) is 0 Å². The summed E-state index contributed by atoms with van der Waals surface area (Å²) in [7, 11) is 0. The van der Waals surface area contributed by atoms with Crippen molar-refractivity contribution in [1.29, 1.82) is 5.26 Å². The average Bonchev–Trinajstić information content (AvgIpc) is 3.25. The molecule has 1 aliphatic carbocycles. The number of carbonyl (C=O) groups excluding carboxylic acids is 1. The summed E-state index contributed by atoms with van der Waals surface area (Å²) in [5.41, 5.74) is -0.642. The van der Waals surface area contributed by atoms with Gasteiger partial charge < -0.3 is 9.64 Å². The Labute approximate surface area is 135 Å². The van der Waals surface area contributed by atoms with Gasteiger partial charge in [-0.05, 0) is 39.7 Å². The molecule has 23 heavy (non-hydrogen) atoms. The highest BCUT2D eigenvalue weighted by Crippen LogP contribution is 2.45. The number of piperazine rings is 1. The number of aromatic nitrogens is 2. The molecule has 1 saturated carbocycles. The maximum atomic E-state index is 12.4. The summed E-state index contributed by atoms with van der Waals surface area (Å²) < 4.78 is 5.53. The Morgan fingerprint density at radius 2 is 2.13 bits per heavy atom. The molecule has 0 aromatic carbocycles. The van der Waals surface area contributed by atoms with Crippen LogP contribution in [0.25, 0.3) is 0 Å². The molecule has 0 atom stereocenters. The number of hydrogen-bond donors (Lipinski definition) is 0. The van der Waals surface area contributed by atoms with E-state index in [-0.39, 0.29) is 17.5 Å². The monoisotopic (exact) mass is 315 g/mol. The zero-order valence-electron chi connectivity index (χ0n) is 13.7. The molecule has 7 nitrogen and oxygen atoms in total. The van der Waals surface area contributed by atoms with Crippen molar-refractivity contribution >= 4 is 11.9 Å². The highest BCUT2D eigenvalue weighted by Gasteiger charge is 2.54. The van der Waals surface area contributed by atoms with Gasteiger partial charge in [0.05, 0.1) is 5.54 Å². The first-order chi connectivity index (χ1) is 10.8. The van der Waals surface area contributed by atoms with Gasteiger partial charge in [0.25, 0.3) is 0 Å². The van der Waals surface area contributed by atoms with Gasteiger partial charge in [-0.15, -0.1) is 0 Å². The molecule has 0 bridgehead atoms. The molecule has 0 N–H and O–H groups in total. The average molecular weight is 315 g/mol. The van der Waals surface area contributed by atoms with Crippen LogP contribution in [0.4, 0.5) is 10.6 Å². The third kappa shape index (κ3) is 3.21. The van der Waals surface area contributed by atoms with Gasteiger partial charge in [-0.3, -0.25) is 4.90 Å².